The lowest BCUT2D eigenvalue weighted by molar-refractivity contribution is -0.144. The molecule has 3 nitrogen and oxygen atoms in total. The van der Waals surface area contributed by atoms with Crippen molar-refractivity contribution < 1.29 is 13.6 Å². The molecular weight excluding hydrogens is 246 g/mol. The van der Waals surface area contributed by atoms with Gasteiger partial charge in [-0.1, -0.05) is 0 Å². The lowest BCUT2D eigenvalue weighted by Gasteiger charge is -2.34. The van der Waals surface area contributed by atoms with Crippen LogP contribution in [0.15, 0.2) is 16.8 Å². The van der Waals surface area contributed by atoms with Crippen molar-refractivity contribution in [2.75, 3.05) is 26.2 Å². The van der Waals surface area contributed by atoms with Crippen LogP contribution in [0.2, 0.25) is 0 Å². The van der Waals surface area contributed by atoms with E-state index in [9.17, 15) is 13.6 Å². The van der Waals surface area contributed by atoms with Gasteiger partial charge in [-0.2, -0.15) is 20.1 Å². The van der Waals surface area contributed by atoms with E-state index in [1.807, 2.05) is 5.38 Å². The minimum absolute atomic E-state index is 0.396. The highest BCUT2D eigenvalue weighted by Crippen LogP contribution is 2.12. The Bertz CT molecular complexity index is 362. The maximum Gasteiger partial charge on any atom is 0.315 e. The van der Waals surface area contributed by atoms with Crippen molar-refractivity contribution in [3.05, 3.63) is 22.4 Å². The molecule has 0 N–H and O–H groups in total. The number of rotatable bonds is 3. The van der Waals surface area contributed by atoms with Crippen LogP contribution in [0.4, 0.5) is 8.78 Å². The summed E-state index contributed by atoms with van der Waals surface area (Å²) < 4.78 is 24.4. The molecule has 1 aromatic heterocycles. The van der Waals surface area contributed by atoms with Crippen LogP contribution in [0, 0.1) is 0 Å². The van der Waals surface area contributed by atoms with Crippen LogP contribution in [0.1, 0.15) is 5.56 Å². The van der Waals surface area contributed by atoms with Gasteiger partial charge in [-0.3, -0.25) is 9.69 Å². The Labute approximate surface area is 103 Å². The normalized spacial score (nSPS) is 17.7. The smallest absolute Gasteiger partial charge is 0.315 e. The van der Waals surface area contributed by atoms with Crippen molar-refractivity contribution in [3.63, 3.8) is 0 Å². The van der Waals surface area contributed by atoms with Crippen LogP contribution >= 0.6 is 11.3 Å². The molecule has 0 bridgehead atoms. The van der Waals surface area contributed by atoms with Crippen LogP contribution < -0.4 is 0 Å². The van der Waals surface area contributed by atoms with Gasteiger partial charge in [-0.15, -0.1) is 0 Å². The molecule has 0 saturated carbocycles. The van der Waals surface area contributed by atoms with E-state index in [1.54, 1.807) is 11.3 Å². The van der Waals surface area contributed by atoms with Gasteiger partial charge in [0.05, 0.1) is 0 Å². The van der Waals surface area contributed by atoms with E-state index in [2.05, 4.69) is 16.3 Å². The van der Waals surface area contributed by atoms with E-state index in [1.165, 1.54) is 10.5 Å². The molecule has 0 radical (unpaired) electrons. The van der Waals surface area contributed by atoms with Gasteiger partial charge in [0, 0.05) is 32.7 Å². The first kappa shape index (κ1) is 12.4. The second-order valence-corrected chi connectivity index (χ2v) is 4.81. The summed E-state index contributed by atoms with van der Waals surface area (Å²) in [7, 11) is 0. The summed E-state index contributed by atoms with van der Waals surface area (Å²) in [6.07, 6.45) is -2.88. The molecule has 0 spiro atoms. The number of halogens is 2. The maximum atomic E-state index is 12.2. The second kappa shape index (κ2) is 5.55. The molecule has 1 aliphatic heterocycles. The van der Waals surface area contributed by atoms with E-state index < -0.39 is 12.3 Å². The van der Waals surface area contributed by atoms with Gasteiger partial charge in [-0.25, -0.2) is 0 Å². The summed E-state index contributed by atoms with van der Waals surface area (Å²) in [6, 6.07) is 2.06. The van der Waals surface area contributed by atoms with Gasteiger partial charge in [0.25, 0.3) is 5.91 Å². The zero-order chi connectivity index (χ0) is 12.3. The molecule has 6 heteroatoms. The van der Waals surface area contributed by atoms with E-state index in [4.69, 9.17) is 0 Å². The zero-order valence-corrected chi connectivity index (χ0v) is 10.1. The number of amides is 1. The minimum Gasteiger partial charge on any atom is -0.335 e. The molecule has 1 aromatic rings. The number of alkyl halides is 2. The number of nitrogens with zero attached hydrogens (tertiary/aromatic N) is 2. The first-order valence-electron chi connectivity index (χ1n) is 5.47. The predicted molar refractivity (Wildman–Crippen MR) is 62.2 cm³/mol. The number of piperazine rings is 1. The quantitative estimate of drug-likeness (QED) is 0.825. The Hall–Kier alpha value is -1.01. The molecule has 0 unspecified atom stereocenters. The fourth-order valence-corrected chi connectivity index (χ4v) is 2.57. The summed E-state index contributed by atoms with van der Waals surface area (Å²) in [5.74, 6) is -1.04. The maximum absolute atomic E-state index is 12.2. The van der Waals surface area contributed by atoms with Crippen LogP contribution in [-0.2, 0) is 11.3 Å². The Kier molecular flexibility index (Phi) is 4.06. The summed E-state index contributed by atoms with van der Waals surface area (Å²) in [4.78, 5) is 14.5. The van der Waals surface area contributed by atoms with E-state index in [0.717, 1.165) is 6.54 Å². The monoisotopic (exact) mass is 260 g/mol. The highest BCUT2D eigenvalue weighted by atomic mass is 32.1. The topological polar surface area (TPSA) is 23.6 Å². The fourth-order valence-electron chi connectivity index (χ4n) is 1.91. The Balaban J connectivity index is 1.80. The van der Waals surface area contributed by atoms with Crippen LogP contribution in [0.25, 0.3) is 0 Å². The highest BCUT2D eigenvalue weighted by molar-refractivity contribution is 7.07. The van der Waals surface area contributed by atoms with Crippen LogP contribution in [0.3, 0.4) is 0 Å². The third-order valence-corrected chi connectivity index (χ3v) is 3.59. The molecule has 94 valence electrons. The molecule has 0 aromatic carbocycles. The van der Waals surface area contributed by atoms with E-state index in [-0.39, 0.29) is 0 Å². The molecular formula is C11H14F2N2OS. The molecule has 1 amide bonds. The predicted octanol–water partition coefficient (Wildman–Crippen LogP) is 1.66. The SMILES string of the molecule is O=C(C(F)F)N1CCN(Cc2ccsc2)CC1. The van der Waals surface area contributed by atoms with Crippen molar-refractivity contribution in [2.24, 2.45) is 0 Å². The first-order valence-corrected chi connectivity index (χ1v) is 6.41. The van der Waals surface area contributed by atoms with Gasteiger partial charge in [0.2, 0.25) is 0 Å². The van der Waals surface area contributed by atoms with Crippen LogP contribution in [0.5, 0.6) is 0 Å². The third kappa shape index (κ3) is 3.23. The summed E-state index contributed by atoms with van der Waals surface area (Å²) in [5, 5.41) is 4.10. The van der Waals surface area contributed by atoms with Gasteiger partial charge in [0.1, 0.15) is 0 Å². The van der Waals surface area contributed by atoms with E-state index in [0.29, 0.717) is 26.2 Å². The van der Waals surface area contributed by atoms with Crippen molar-refractivity contribution in [1.29, 1.82) is 0 Å². The molecule has 1 aliphatic rings. The first-order chi connectivity index (χ1) is 8.16. The number of carbonyl (C=O) groups is 1. The average molecular weight is 260 g/mol. The third-order valence-electron chi connectivity index (χ3n) is 2.86. The van der Waals surface area contributed by atoms with Crippen molar-refractivity contribution in [3.8, 4) is 0 Å². The molecule has 0 atom stereocenters. The number of hydrogen-bond donors (Lipinski definition) is 0. The fraction of sp³-hybridized carbons (Fsp3) is 0.545. The van der Waals surface area contributed by atoms with Crippen molar-refractivity contribution in [1.82, 2.24) is 9.80 Å². The molecule has 2 heterocycles. The lowest BCUT2D eigenvalue weighted by atomic mass is 10.2. The number of carbonyl (C=O) groups excluding carboxylic acids is 1. The van der Waals surface area contributed by atoms with Crippen LogP contribution in [-0.4, -0.2) is 48.3 Å². The van der Waals surface area contributed by atoms with Crippen molar-refractivity contribution >= 4 is 17.2 Å². The zero-order valence-electron chi connectivity index (χ0n) is 9.31. The Morgan fingerprint density at radius 1 is 1.35 bits per heavy atom. The van der Waals surface area contributed by atoms with Gasteiger partial charge in [-0.05, 0) is 22.4 Å². The molecule has 0 aliphatic carbocycles. The number of hydrogen-bond acceptors (Lipinski definition) is 3. The Morgan fingerprint density at radius 3 is 2.59 bits per heavy atom. The molecule has 2 rings (SSSR count). The largest absolute Gasteiger partial charge is 0.335 e. The second-order valence-electron chi connectivity index (χ2n) is 4.03. The molecule has 1 saturated heterocycles. The average Bonchev–Trinajstić information content (AvgIpc) is 2.82. The van der Waals surface area contributed by atoms with Gasteiger partial charge < -0.3 is 4.90 Å². The van der Waals surface area contributed by atoms with Crippen molar-refractivity contribution in [2.45, 2.75) is 13.0 Å². The summed E-state index contributed by atoms with van der Waals surface area (Å²) >= 11 is 1.65. The Morgan fingerprint density at radius 2 is 2.06 bits per heavy atom. The summed E-state index contributed by atoms with van der Waals surface area (Å²) in [5.41, 5.74) is 1.24. The van der Waals surface area contributed by atoms with Gasteiger partial charge in [0.15, 0.2) is 0 Å². The van der Waals surface area contributed by atoms with E-state index >= 15 is 0 Å². The highest BCUT2D eigenvalue weighted by Gasteiger charge is 2.26. The molecule has 1 fully saturated rings. The minimum atomic E-state index is -2.88. The lowest BCUT2D eigenvalue weighted by Crippen LogP contribution is -2.49. The van der Waals surface area contributed by atoms with Gasteiger partial charge >= 0.3 is 6.43 Å². The summed E-state index contributed by atoms with van der Waals surface area (Å²) in [6.45, 7) is 2.95. The number of thiophene rings is 1. The molecule has 17 heavy (non-hydrogen) atoms. The standard InChI is InChI=1S/C11H14F2N2OS/c12-10(13)11(16)15-4-2-14(3-5-15)7-9-1-6-17-8-9/h1,6,8,10H,2-5,7H2.